The lowest BCUT2D eigenvalue weighted by Gasteiger charge is -2.26. The van der Waals surface area contributed by atoms with Crippen LogP contribution in [-0.4, -0.2) is 31.0 Å². The second-order valence-electron chi connectivity index (χ2n) is 4.77. The topological polar surface area (TPSA) is 55.6 Å². The average molecular weight is 248 g/mol. The van der Waals surface area contributed by atoms with E-state index in [2.05, 4.69) is 0 Å². The first-order chi connectivity index (χ1) is 8.67. The van der Waals surface area contributed by atoms with E-state index in [0.29, 0.717) is 13.0 Å². The summed E-state index contributed by atoms with van der Waals surface area (Å²) in [6, 6.07) is 7.86. The molecular formula is C14H20N2O2. The Labute approximate surface area is 108 Å². The minimum Gasteiger partial charge on any atom is -0.496 e. The molecule has 1 amide bonds. The van der Waals surface area contributed by atoms with E-state index in [1.165, 1.54) is 0 Å². The van der Waals surface area contributed by atoms with E-state index in [9.17, 15) is 4.79 Å². The summed E-state index contributed by atoms with van der Waals surface area (Å²) in [6.07, 6.45) is 0.565. The number of hydrogen-bond acceptors (Lipinski definition) is 3. The lowest BCUT2D eigenvalue weighted by atomic mass is 10.1. The standard InChI is InChI=1S/C14H20N2O2/c1-10(12-5-3-4-6-13(12)18-2)16-9-11(8-15)7-14(16)17/h3-6,10-11H,7-9,15H2,1-2H3. The van der Waals surface area contributed by atoms with Crippen molar-refractivity contribution in [1.82, 2.24) is 4.90 Å². The van der Waals surface area contributed by atoms with Gasteiger partial charge in [0.15, 0.2) is 0 Å². The molecule has 4 nitrogen and oxygen atoms in total. The van der Waals surface area contributed by atoms with Crippen molar-refractivity contribution in [3.8, 4) is 5.75 Å². The van der Waals surface area contributed by atoms with Gasteiger partial charge in [0.2, 0.25) is 5.91 Å². The number of methoxy groups -OCH3 is 1. The largest absolute Gasteiger partial charge is 0.496 e. The minimum absolute atomic E-state index is 0.0326. The Morgan fingerprint density at radius 3 is 2.83 bits per heavy atom. The van der Waals surface area contributed by atoms with Crippen LogP contribution in [-0.2, 0) is 4.79 Å². The predicted octanol–water partition coefficient (Wildman–Crippen LogP) is 1.56. The number of likely N-dealkylation sites (tertiary alicyclic amines) is 1. The van der Waals surface area contributed by atoms with Gasteiger partial charge in [-0.05, 0) is 25.5 Å². The normalized spacial score (nSPS) is 21.2. The summed E-state index contributed by atoms with van der Waals surface area (Å²) in [7, 11) is 1.65. The molecule has 0 radical (unpaired) electrons. The molecule has 2 rings (SSSR count). The maximum absolute atomic E-state index is 12.0. The molecule has 1 fully saturated rings. The second-order valence-corrected chi connectivity index (χ2v) is 4.77. The van der Waals surface area contributed by atoms with Gasteiger partial charge in [0, 0.05) is 18.5 Å². The van der Waals surface area contributed by atoms with Gasteiger partial charge in [-0.1, -0.05) is 18.2 Å². The molecule has 0 bridgehead atoms. The average Bonchev–Trinajstić information content (AvgIpc) is 2.79. The third-order valence-electron chi connectivity index (χ3n) is 3.63. The molecular weight excluding hydrogens is 228 g/mol. The molecule has 0 saturated carbocycles. The summed E-state index contributed by atoms with van der Waals surface area (Å²) >= 11 is 0. The molecule has 1 saturated heterocycles. The maximum Gasteiger partial charge on any atom is 0.223 e. The molecule has 0 aliphatic carbocycles. The van der Waals surface area contributed by atoms with Gasteiger partial charge in [0.05, 0.1) is 13.2 Å². The van der Waals surface area contributed by atoms with Crippen molar-refractivity contribution in [2.75, 3.05) is 20.2 Å². The fourth-order valence-electron chi connectivity index (χ4n) is 2.52. The van der Waals surface area contributed by atoms with Crippen LogP contribution in [0.1, 0.15) is 24.9 Å². The van der Waals surface area contributed by atoms with Gasteiger partial charge in [0.1, 0.15) is 5.75 Å². The molecule has 1 aromatic rings. The maximum atomic E-state index is 12.0. The lowest BCUT2D eigenvalue weighted by Crippen LogP contribution is -2.29. The Balaban J connectivity index is 2.21. The van der Waals surface area contributed by atoms with Crippen LogP contribution in [0.3, 0.4) is 0 Å². The van der Waals surface area contributed by atoms with E-state index in [4.69, 9.17) is 10.5 Å². The number of ether oxygens (including phenoxy) is 1. The van der Waals surface area contributed by atoms with E-state index >= 15 is 0 Å². The highest BCUT2D eigenvalue weighted by Crippen LogP contribution is 2.32. The smallest absolute Gasteiger partial charge is 0.223 e. The van der Waals surface area contributed by atoms with Gasteiger partial charge in [-0.2, -0.15) is 0 Å². The van der Waals surface area contributed by atoms with Crippen molar-refractivity contribution in [2.24, 2.45) is 11.7 Å². The summed E-state index contributed by atoms with van der Waals surface area (Å²) in [5.74, 6) is 1.30. The third kappa shape index (κ3) is 2.34. The molecule has 1 heterocycles. The van der Waals surface area contributed by atoms with Crippen LogP contribution in [0.15, 0.2) is 24.3 Å². The lowest BCUT2D eigenvalue weighted by molar-refractivity contribution is -0.129. The Hall–Kier alpha value is -1.55. The number of para-hydroxylation sites is 1. The van der Waals surface area contributed by atoms with Crippen LogP contribution in [0.2, 0.25) is 0 Å². The number of rotatable bonds is 4. The highest BCUT2D eigenvalue weighted by atomic mass is 16.5. The number of nitrogens with zero attached hydrogens (tertiary/aromatic N) is 1. The molecule has 0 spiro atoms. The summed E-state index contributed by atoms with van der Waals surface area (Å²) in [6.45, 7) is 3.35. The van der Waals surface area contributed by atoms with Crippen LogP contribution >= 0.6 is 0 Å². The van der Waals surface area contributed by atoms with Crippen LogP contribution in [0, 0.1) is 5.92 Å². The van der Waals surface area contributed by atoms with Crippen molar-refractivity contribution in [3.05, 3.63) is 29.8 Å². The number of benzene rings is 1. The molecule has 2 unspecified atom stereocenters. The first-order valence-corrected chi connectivity index (χ1v) is 6.29. The predicted molar refractivity (Wildman–Crippen MR) is 70.3 cm³/mol. The summed E-state index contributed by atoms with van der Waals surface area (Å²) in [5.41, 5.74) is 6.70. The van der Waals surface area contributed by atoms with E-state index in [0.717, 1.165) is 17.9 Å². The number of amides is 1. The molecule has 1 aliphatic heterocycles. The van der Waals surface area contributed by atoms with Gasteiger partial charge in [0.25, 0.3) is 0 Å². The van der Waals surface area contributed by atoms with E-state index in [-0.39, 0.29) is 17.9 Å². The van der Waals surface area contributed by atoms with Gasteiger partial charge in [-0.3, -0.25) is 4.79 Å². The van der Waals surface area contributed by atoms with Crippen LogP contribution in [0.25, 0.3) is 0 Å². The Morgan fingerprint density at radius 1 is 1.50 bits per heavy atom. The SMILES string of the molecule is COc1ccccc1C(C)N1CC(CN)CC1=O. The zero-order chi connectivity index (χ0) is 13.1. The molecule has 18 heavy (non-hydrogen) atoms. The van der Waals surface area contributed by atoms with Crippen molar-refractivity contribution >= 4 is 5.91 Å². The third-order valence-corrected chi connectivity index (χ3v) is 3.63. The zero-order valence-electron chi connectivity index (χ0n) is 10.9. The summed E-state index contributed by atoms with van der Waals surface area (Å²) in [5, 5.41) is 0. The number of carbonyl (C=O) groups excluding carboxylic acids is 1. The molecule has 0 aromatic heterocycles. The molecule has 98 valence electrons. The van der Waals surface area contributed by atoms with Gasteiger partial charge in [-0.15, -0.1) is 0 Å². The fourth-order valence-corrected chi connectivity index (χ4v) is 2.52. The van der Waals surface area contributed by atoms with Gasteiger partial charge >= 0.3 is 0 Å². The van der Waals surface area contributed by atoms with Crippen LogP contribution < -0.4 is 10.5 Å². The van der Waals surface area contributed by atoms with Crippen molar-refractivity contribution in [1.29, 1.82) is 0 Å². The first kappa shape index (κ1) is 12.9. The van der Waals surface area contributed by atoms with Crippen LogP contribution in [0.5, 0.6) is 5.75 Å². The molecule has 2 atom stereocenters. The highest BCUT2D eigenvalue weighted by molar-refractivity contribution is 5.79. The quantitative estimate of drug-likeness (QED) is 0.879. The highest BCUT2D eigenvalue weighted by Gasteiger charge is 2.33. The molecule has 2 N–H and O–H groups in total. The van der Waals surface area contributed by atoms with Gasteiger partial charge in [-0.25, -0.2) is 0 Å². The Kier molecular flexibility index (Phi) is 3.87. The van der Waals surface area contributed by atoms with Crippen molar-refractivity contribution < 1.29 is 9.53 Å². The van der Waals surface area contributed by atoms with E-state index < -0.39 is 0 Å². The molecule has 1 aliphatic rings. The van der Waals surface area contributed by atoms with Crippen molar-refractivity contribution in [3.63, 3.8) is 0 Å². The number of hydrogen-bond donors (Lipinski definition) is 1. The van der Waals surface area contributed by atoms with Gasteiger partial charge < -0.3 is 15.4 Å². The van der Waals surface area contributed by atoms with E-state index in [1.54, 1.807) is 7.11 Å². The molecule has 4 heteroatoms. The van der Waals surface area contributed by atoms with Crippen LogP contribution in [0.4, 0.5) is 0 Å². The van der Waals surface area contributed by atoms with Crippen molar-refractivity contribution in [2.45, 2.75) is 19.4 Å². The molecule has 1 aromatic carbocycles. The summed E-state index contributed by atoms with van der Waals surface area (Å²) < 4.78 is 5.35. The number of nitrogens with two attached hydrogens (primary N) is 1. The summed E-state index contributed by atoms with van der Waals surface area (Å²) in [4.78, 5) is 13.9. The monoisotopic (exact) mass is 248 g/mol. The minimum atomic E-state index is 0.0326. The second kappa shape index (κ2) is 5.40. The Bertz CT molecular complexity index is 434. The first-order valence-electron chi connectivity index (χ1n) is 6.29. The number of carbonyl (C=O) groups is 1. The zero-order valence-corrected chi connectivity index (χ0v) is 10.9. The Morgan fingerprint density at radius 2 is 2.22 bits per heavy atom. The fraction of sp³-hybridized carbons (Fsp3) is 0.500. The van der Waals surface area contributed by atoms with E-state index in [1.807, 2.05) is 36.1 Å².